The zero-order valence-electron chi connectivity index (χ0n) is 14.5. The minimum atomic E-state index is -0.610. The van der Waals surface area contributed by atoms with Crippen LogP contribution in [0.2, 0.25) is 0 Å². The first kappa shape index (κ1) is 20.1. The molecule has 1 aromatic rings. The Morgan fingerprint density at radius 2 is 2.36 bits per heavy atom. The Hall–Kier alpha value is -1.24. The highest BCUT2D eigenvalue weighted by atomic mass is 79.9. The van der Waals surface area contributed by atoms with Crippen molar-refractivity contribution in [3.63, 3.8) is 0 Å². The van der Waals surface area contributed by atoms with E-state index < -0.39 is 6.10 Å². The second-order valence-corrected chi connectivity index (χ2v) is 7.12. The number of ether oxygens (including phenoxy) is 2. The fraction of sp³-hybridized carbons (Fsp3) is 0.526. The number of amides is 1. The van der Waals surface area contributed by atoms with Gasteiger partial charge in [-0.2, -0.15) is 0 Å². The third-order valence-electron chi connectivity index (χ3n) is 4.18. The molecule has 0 N–H and O–H groups in total. The van der Waals surface area contributed by atoms with Crippen molar-refractivity contribution in [1.82, 2.24) is 4.90 Å². The summed E-state index contributed by atoms with van der Waals surface area (Å²) in [5.74, 6) is -0.524. The lowest BCUT2D eigenvalue weighted by Crippen LogP contribution is -2.40. The molecule has 0 radical (unpaired) electrons. The molecule has 25 heavy (non-hydrogen) atoms. The molecule has 0 spiro atoms. The van der Waals surface area contributed by atoms with Gasteiger partial charge in [0.15, 0.2) is 0 Å². The highest BCUT2D eigenvalue weighted by Gasteiger charge is 2.23. The van der Waals surface area contributed by atoms with Crippen LogP contribution in [0.3, 0.4) is 0 Å². The van der Waals surface area contributed by atoms with Gasteiger partial charge in [0.1, 0.15) is 11.9 Å². The average molecular weight is 414 g/mol. The van der Waals surface area contributed by atoms with E-state index in [1.54, 1.807) is 30.0 Å². The fourth-order valence-electron chi connectivity index (χ4n) is 2.78. The molecule has 4 nitrogen and oxygen atoms in total. The number of hydrogen-bond acceptors (Lipinski definition) is 3. The minimum absolute atomic E-state index is 0.0550. The van der Waals surface area contributed by atoms with Crippen LogP contribution in [0.5, 0.6) is 0 Å². The van der Waals surface area contributed by atoms with Crippen molar-refractivity contribution in [3.8, 4) is 0 Å². The number of benzene rings is 1. The molecule has 0 aromatic heterocycles. The zero-order valence-corrected chi connectivity index (χ0v) is 16.1. The summed E-state index contributed by atoms with van der Waals surface area (Å²) in [6, 6.07) is 4.70. The predicted octanol–water partition coefficient (Wildman–Crippen LogP) is 4.08. The first-order valence-corrected chi connectivity index (χ1v) is 9.37. The van der Waals surface area contributed by atoms with Gasteiger partial charge in [-0.1, -0.05) is 22.0 Å². The van der Waals surface area contributed by atoms with E-state index >= 15 is 0 Å². The standard InChI is InChI=1S/C19H25BrFNO3/c1-3-9-22(12-15-11-16(20)7-8-18(15)21)19(23)14(2)25-13-17-6-4-5-10-24-17/h3,7-8,11,14,17H,1,4-6,9-10,12-13H2,2H3. The lowest BCUT2D eigenvalue weighted by molar-refractivity contribution is -0.146. The average Bonchev–Trinajstić information content (AvgIpc) is 2.62. The summed E-state index contributed by atoms with van der Waals surface area (Å²) in [6.45, 7) is 7.06. The van der Waals surface area contributed by atoms with E-state index in [1.807, 2.05) is 0 Å². The van der Waals surface area contributed by atoms with Crippen molar-refractivity contribution in [3.05, 3.63) is 46.7 Å². The Kier molecular flexibility index (Phi) is 8.06. The molecule has 1 aliphatic heterocycles. The van der Waals surface area contributed by atoms with E-state index in [0.717, 1.165) is 30.3 Å². The summed E-state index contributed by atoms with van der Waals surface area (Å²) in [7, 11) is 0. The summed E-state index contributed by atoms with van der Waals surface area (Å²) in [6.07, 6.45) is 4.24. The maximum absolute atomic E-state index is 14.0. The van der Waals surface area contributed by atoms with Crippen LogP contribution < -0.4 is 0 Å². The number of carbonyl (C=O) groups excluding carboxylic acids is 1. The SMILES string of the molecule is C=CCN(Cc1cc(Br)ccc1F)C(=O)C(C)OCC1CCCCO1. The van der Waals surface area contributed by atoms with Crippen LogP contribution >= 0.6 is 15.9 Å². The van der Waals surface area contributed by atoms with E-state index in [9.17, 15) is 9.18 Å². The molecular formula is C19H25BrFNO3. The molecular weight excluding hydrogens is 389 g/mol. The number of hydrogen-bond donors (Lipinski definition) is 0. The molecule has 1 heterocycles. The van der Waals surface area contributed by atoms with Gasteiger partial charge in [0.25, 0.3) is 5.91 Å². The Balaban J connectivity index is 1.95. The van der Waals surface area contributed by atoms with Crippen LogP contribution in [0.25, 0.3) is 0 Å². The smallest absolute Gasteiger partial charge is 0.251 e. The van der Waals surface area contributed by atoms with Gasteiger partial charge < -0.3 is 14.4 Å². The molecule has 0 aliphatic carbocycles. The van der Waals surface area contributed by atoms with Gasteiger partial charge in [-0.3, -0.25) is 4.79 Å². The summed E-state index contributed by atoms with van der Waals surface area (Å²) in [5, 5.41) is 0. The Morgan fingerprint density at radius 3 is 3.04 bits per heavy atom. The van der Waals surface area contributed by atoms with Crippen molar-refractivity contribution in [1.29, 1.82) is 0 Å². The molecule has 1 amide bonds. The summed E-state index contributed by atoms with van der Waals surface area (Å²) >= 11 is 3.33. The molecule has 138 valence electrons. The van der Waals surface area contributed by atoms with E-state index in [0.29, 0.717) is 18.7 Å². The highest BCUT2D eigenvalue weighted by molar-refractivity contribution is 9.10. The molecule has 1 fully saturated rings. The third kappa shape index (κ3) is 6.20. The molecule has 1 aromatic carbocycles. The Labute approximate surface area is 157 Å². The van der Waals surface area contributed by atoms with E-state index in [1.165, 1.54) is 6.07 Å². The first-order chi connectivity index (χ1) is 12.0. The lowest BCUT2D eigenvalue weighted by atomic mass is 10.1. The van der Waals surface area contributed by atoms with Crippen molar-refractivity contribution in [2.45, 2.75) is 44.9 Å². The molecule has 0 saturated carbocycles. The van der Waals surface area contributed by atoms with Gasteiger partial charge >= 0.3 is 0 Å². The fourth-order valence-corrected chi connectivity index (χ4v) is 3.19. The number of halogens is 2. The monoisotopic (exact) mass is 413 g/mol. The second-order valence-electron chi connectivity index (χ2n) is 6.21. The molecule has 2 atom stereocenters. The molecule has 2 rings (SSSR count). The quantitative estimate of drug-likeness (QED) is 0.602. The van der Waals surface area contributed by atoms with Gasteiger partial charge in [-0.25, -0.2) is 4.39 Å². The van der Waals surface area contributed by atoms with Crippen LogP contribution in [0.4, 0.5) is 4.39 Å². The minimum Gasteiger partial charge on any atom is -0.376 e. The van der Waals surface area contributed by atoms with Crippen molar-refractivity contribution in [2.75, 3.05) is 19.8 Å². The topological polar surface area (TPSA) is 38.8 Å². The third-order valence-corrected chi connectivity index (χ3v) is 4.68. The largest absolute Gasteiger partial charge is 0.376 e. The van der Waals surface area contributed by atoms with Gasteiger partial charge in [-0.15, -0.1) is 6.58 Å². The molecule has 1 aliphatic rings. The van der Waals surface area contributed by atoms with Crippen LogP contribution in [-0.4, -0.2) is 42.8 Å². The number of carbonyl (C=O) groups is 1. The van der Waals surface area contributed by atoms with Gasteiger partial charge in [-0.05, 0) is 44.4 Å². The van der Waals surface area contributed by atoms with Crippen molar-refractivity contribution >= 4 is 21.8 Å². The summed E-state index contributed by atoms with van der Waals surface area (Å²) < 4.78 is 26.1. The maximum Gasteiger partial charge on any atom is 0.251 e. The molecule has 6 heteroatoms. The van der Waals surface area contributed by atoms with E-state index in [2.05, 4.69) is 22.5 Å². The zero-order chi connectivity index (χ0) is 18.2. The summed E-state index contributed by atoms with van der Waals surface area (Å²) in [5.41, 5.74) is 0.451. The van der Waals surface area contributed by atoms with Crippen LogP contribution in [-0.2, 0) is 20.8 Å². The van der Waals surface area contributed by atoms with Gasteiger partial charge in [0.05, 0.1) is 12.7 Å². The Bertz CT molecular complexity index is 590. The second kappa shape index (κ2) is 10.0. The molecule has 1 saturated heterocycles. The van der Waals surface area contributed by atoms with Crippen LogP contribution in [0, 0.1) is 5.82 Å². The van der Waals surface area contributed by atoms with E-state index in [-0.39, 0.29) is 24.4 Å². The van der Waals surface area contributed by atoms with Crippen LogP contribution in [0.15, 0.2) is 35.3 Å². The van der Waals surface area contributed by atoms with Gasteiger partial charge in [0.2, 0.25) is 0 Å². The summed E-state index contributed by atoms with van der Waals surface area (Å²) in [4.78, 5) is 14.2. The molecule has 2 unspecified atom stereocenters. The van der Waals surface area contributed by atoms with Crippen molar-refractivity contribution < 1.29 is 18.7 Å². The Morgan fingerprint density at radius 1 is 1.56 bits per heavy atom. The number of rotatable bonds is 8. The van der Waals surface area contributed by atoms with Crippen LogP contribution in [0.1, 0.15) is 31.7 Å². The normalized spacial score (nSPS) is 18.6. The van der Waals surface area contributed by atoms with Crippen molar-refractivity contribution in [2.24, 2.45) is 0 Å². The maximum atomic E-state index is 14.0. The molecule has 0 bridgehead atoms. The van der Waals surface area contributed by atoms with Gasteiger partial charge in [0, 0.05) is 29.7 Å². The predicted molar refractivity (Wildman–Crippen MR) is 98.7 cm³/mol. The first-order valence-electron chi connectivity index (χ1n) is 8.58. The number of nitrogens with zero attached hydrogens (tertiary/aromatic N) is 1. The van der Waals surface area contributed by atoms with E-state index in [4.69, 9.17) is 9.47 Å². The highest BCUT2D eigenvalue weighted by Crippen LogP contribution is 2.18. The lowest BCUT2D eigenvalue weighted by Gasteiger charge is -2.27.